The average molecular weight is 267 g/mol. The summed E-state index contributed by atoms with van der Waals surface area (Å²) in [5, 5.41) is 3.31. The van der Waals surface area contributed by atoms with E-state index in [1.807, 2.05) is 13.8 Å². The first-order chi connectivity index (χ1) is 8.85. The monoisotopic (exact) mass is 267 g/mol. The van der Waals surface area contributed by atoms with Crippen LogP contribution in [-0.2, 0) is 9.59 Å². The summed E-state index contributed by atoms with van der Waals surface area (Å²) in [7, 11) is 1.80. The fraction of sp³-hybridized carbons (Fsp3) is 0.857. The molecule has 5 heteroatoms. The Balaban J connectivity index is 2.16. The first-order valence-electron chi connectivity index (χ1n) is 7.16. The van der Waals surface area contributed by atoms with Gasteiger partial charge in [0.1, 0.15) is 5.54 Å². The molecule has 0 aromatic heterocycles. The molecule has 0 bridgehead atoms. The maximum atomic E-state index is 12.7. The van der Waals surface area contributed by atoms with E-state index in [0.29, 0.717) is 19.0 Å². The first-order valence-corrected chi connectivity index (χ1v) is 7.16. The van der Waals surface area contributed by atoms with Crippen molar-refractivity contribution in [1.29, 1.82) is 0 Å². The third kappa shape index (κ3) is 2.48. The molecule has 1 N–H and O–H groups in total. The van der Waals surface area contributed by atoms with Gasteiger partial charge in [-0.2, -0.15) is 0 Å². The van der Waals surface area contributed by atoms with Gasteiger partial charge in [-0.25, -0.2) is 0 Å². The summed E-state index contributed by atoms with van der Waals surface area (Å²) in [6.07, 6.45) is 2.20. The summed E-state index contributed by atoms with van der Waals surface area (Å²) in [6, 6.07) is -0.135. The molecule has 0 spiro atoms. The number of carbonyl (C=O) groups is 2. The number of amides is 2. The Bertz CT molecular complexity index is 381. The topological polar surface area (TPSA) is 52.7 Å². The Morgan fingerprint density at radius 3 is 2.68 bits per heavy atom. The molecule has 0 radical (unpaired) electrons. The van der Waals surface area contributed by atoms with E-state index < -0.39 is 5.54 Å². The van der Waals surface area contributed by atoms with E-state index >= 15 is 0 Å². The van der Waals surface area contributed by atoms with E-state index in [1.54, 1.807) is 16.8 Å². The Morgan fingerprint density at radius 2 is 2.05 bits per heavy atom. The predicted molar refractivity (Wildman–Crippen MR) is 73.6 cm³/mol. The van der Waals surface area contributed by atoms with Crippen molar-refractivity contribution in [3.63, 3.8) is 0 Å². The van der Waals surface area contributed by atoms with Crippen LogP contribution in [0.3, 0.4) is 0 Å². The van der Waals surface area contributed by atoms with Crippen LogP contribution in [0.1, 0.15) is 33.6 Å². The molecule has 2 heterocycles. The largest absolute Gasteiger partial charge is 0.342 e. The maximum absolute atomic E-state index is 12.7. The van der Waals surface area contributed by atoms with E-state index in [1.165, 1.54) is 0 Å². The number of hydrogen-bond acceptors (Lipinski definition) is 3. The molecule has 2 fully saturated rings. The summed E-state index contributed by atoms with van der Waals surface area (Å²) in [5.74, 6) is 0.445. The van der Waals surface area contributed by atoms with Crippen LogP contribution in [0.5, 0.6) is 0 Å². The molecule has 2 atom stereocenters. The highest BCUT2D eigenvalue weighted by Gasteiger charge is 2.45. The molecule has 0 aromatic carbocycles. The maximum Gasteiger partial charge on any atom is 0.247 e. The standard InChI is InChI=1S/C14H25N3O2/c1-10-6-5-7-15-11(10)12(18)17-9-8-16(4)13(19)14(17,2)3/h10-11,15H,5-9H2,1-4H3. The zero-order valence-electron chi connectivity index (χ0n) is 12.4. The molecule has 108 valence electrons. The van der Waals surface area contributed by atoms with Gasteiger partial charge >= 0.3 is 0 Å². The lowest BCUT2D eigenvalue weighted by Gasteiger charge is -2.47. The van der Waals surface area contributed by atoms with Crippen molar-refractivity contribution in [3.05, 3.63) is 0 Å². The van der Waals surface area contributed by atoms with Gasteiger partial charge in [0.25, 0.3) is 0 Å². The van der Waals surface area contributed by atoms with Gasteiger partial charge in [-0.15, -0.1) is 0 Å². The van der Waals surface area contributed by atoms with Crippen molar-refractivity contribution in [2.24, 2.45) is 5.92 Å². The summed E-state index contributed by atoms with van der Waals surface area (Å²) in [6.45, 7) is 7.93. The quantitative estimate of drug-likeness (QED) is 0.750. The molecule has 2 amide bonds. The molecule has 2 rings (SSSR count). The van der Waals surface area contributed by atoms with Gasteiger partial charge in [0.15, 0.2) is 0 Å². The zero-order chi connectivity index (χ0) is 14.2. The minimum atomic E-state index is -0.733. The number of carbonyl (C=O) groups excluding carboxylic acids is 2. The molecule has 0 aromatic rings. The molecule has 2 aliphatic heterocycles. The van der Waals surface area contributed by atoms with Crippen molar-refractivity contribution >= 4 is 11.8 Å². The van der Waals surface area contributed by atoms with Crippen LogP contribution in [0, 0.1) is 5.92 Å². The van der Waals surface area contributed by atoms with Gasteiger partial charge in [0.05, 0.1) is 6.04 Å². The number of likely N-dealkylation sites (N-methyl/N-ethyl adjacent to an activating group) is 1. The average Bonchev–Trinajstić information content (AvgIpc) is 2.36. The van der Waals surface area contributed by atoms with Crippen molar-refractivity contribution in [2.45, 2.75) is 45.2 Å². The summed E-state index contributed by atoms with van der Waals surface area (Å²) < 4.78 is 0. The summed E-state index contributed by atoms with van der Waals surface area (Å²) >= 11 is 0. The SMILES string of the molecule is CC1CCCNC1C(=O)N1CCN(C)C(=O)C1(C)C. The Morgan fingerprint density at radius 1 is 1.37 bits per heavy atom. The minimum Gasteiger partial charge on any atom is -0.342 e. The first kappa shape index (κ1) is 14.3. The van der Waals surface area contributed by atoms with Crippen LogP contribution < -0.4 is 5.32 Å². The normalized spacial score (nSPS) is 31.5. The molecule has 2 aliphatic rings. The minimum absolute atomic E-state index is 0.0237. The van der Waals surface area contributed by atoms with Crippen LogP contribution in [0.25, 0.3) is 0 Å². The van der Waals surface area contributed by atoms with E-state index in [0.717, 1.165) is 19.4 Å². The lowest BCUT2D eigenvalue weighted by molar-refractivity contribution is -0.159. The number of rotatable bonds is 1. The second-order valence-electron chi connectivity index (χ2n) is 6.33. The lowest BCUT2D eigenvalue weighted by atomic mass is 9.89. The van der Waals surface area contributed by atoms with E-state index in [2.05, 4.69) is 12.2 Å². The number of hydrogen-bond donors (Lipinski definition) is 1. The van der Waals surface area contributed by atoms with E-state index in [-0.39, 0.29) is 17.9 Å². The number of nitrogens with zero attached hydrogens (tertiary/aromatic N) is 2. The third-order valence-corrected chi connectivity index (χ3v) is 4.51. The molecule has 2 saturated heterocycles. The fourth-order valence-electron chi connectivity index (χ4n) is 3.15. The van der Waals surface area contributed by atoms with Crippen LogP contribution in [-0.4, -0.2) is 59.9 Å². The molecule has 2 unspecified atom stereocenters. The van der Waals surface area contributed by atoms with Gasteiger partial charge in [-0.3, -0.25) is 9.59 Å². The van der Waals surface area contributed by atoms with Gasteiger partial charge in [0, 0.05) is 20.1 Å². The Labute approximate surface area is 115 Å². The highest BCUT2D eigenvalue weighted by atomic mass is 16.2. The Hall–Kier alpha value is -1.10. The molecular formula is C14H25N3O2. The number of piperazine rings is 1. The van der Waals surface area contributed by atoms with Crippen LogP contribution in [0.2, 0.25) is 0 Å². The predicted octanol–water partition coefficient (Wildman–Crippen LogP) is 0.454. The van der Waals surface area contributed by atoms with Gasteiger partial charge in [-0.1, -0.05) is 6.92 Å². The van der Waals surface area contributed by atoms with Crippen LogP contribution in [0.4, 0.5) is 0 Å². The Kier molecular flexibility index (Phi) is 3.85. The summed E-state index contributed by atoms with van der Waals surface area (Å²) in [5.41, 5.74) is -0.733. The van der Waals surface area contributed by atoms with Crippen LogP contribution in [0.15, 0.2) is 0 Å². The zero-order valence-corrected chi connectivity index (χ0v) is 12.4. The lowest BCUT2D eigenvalue weighted by Crippen LogP contribution is -2.67. The van der Waals surface area contributed by atoms with E-state index in [9.17, 15) is 9.59 Å². The van der Waals surface area contributed by atoms with Crippen molar-refractivity contribution < 1.29 is 9.59 Å². The highest BCUT2D eigenvalue weighted by molar-refractivity contribution is 5.93. The second kappa shape index (κ2) is 5.12. The van der Waals surface area contributed by atoms with Crippen molar-refractivity contribution in [2.75, 3.05) is 26.7 Å². The highest BCUT2D eigenvalue weighted by Crippen LogP contribution is 2.25. The summed E-state index contributed by atoms with van der Waals surface area (Å²) in [4.78, 5) is 28.4. The van der Waals surface area contributed by atoms with E-state index in [4.69, 9.17) is 0 Å². The molecular weight excluding hydrogens is 242 g/mol. The smallest absolute Gasteiger partial charge is 0.247 e. The molecule has 19 heavy (non-hydrogen) atoms. The molecule has 0 saturated carbocycles. The van der Waals surface area contributed by atoms with Gasteiger partial charge in [-0.05, 0) is 39.2 Å². The van der Waals surface area contributed by atoms with Crippen molar-refractivity contribution in [3.8, 4) is 0 Å². The van der Waals surface area contributed by atoms with Gasteiger partial charge < -0.3 is 15.1 Å². The van der Waals surface area contributed by atoms with Gasteiger partial charge in [0.2, 0.25) is 11.8 Å². The number of piperidine rings is 1. The van der Waals surface area contributed by atoms with Crippen molar-refractivity contribution in [1.82, 2.24) is 15.1 Å². The third-order valence-electron chi connectivity index (χ3n) is 4.51. The second-order valence-corrected chi connectivity index (χ2v) is 6.33. The number of nitrogens with one attached hydrogen (secondary N) is 1. The molecule has 0 aliphatic carbocycles. The fourth-order valence-corrected chi connectivity index (χ4v) is 3.15. The molecule has 5 nitrogen and oxygen atoms in total. The van der Waals surface area contributed by atoms with Crippen LogP contribution >= 0.6 is 0 Å².